The van der Waals surface area contributed by atoms with Crippen LogP contribution in [0.4, 0.5) is 5.69 Å². The van der Waals surface area contributed by atoms with Crippen molar-refractivity contribution < 1.29 is 17.9 Å². The fourth-order valence-corrected chi connectivity index (χ4v) is 5.13. The number of nitrogens with one attached hydrogen (secondary N) is 1. The van der Waals surface area contributed by atoms with Gasteiger partial charge in [0.05, 0.1) is 23.9 Å². The zero-order chi connectivity index (χ0) is 20.0. The van der Waals surface area contributed by atoms with E-state index in [1.807, 2.05) is 24.3 Å². The number of benzene rings is 2. The van der Waals surface area contributed by atoms with Crippen molar-refractivity contribution in [2.75, 3.05) is 37.4 Å². The Balaban J connectivity index is 1.51. The first-order valence-corrected chi connectivity index (χ1v) is 11.7. The number of hydrogen-bond acceptors (Lipinski definition) is 5. The van der Waals surface area contributed by atoms with E-state index in [0.29, 0.717) is 48.5 Å². The number of hydrogen-bond donors (Lipinski definition) is 1. The van der Waals surface area contributed by atoms with E-state index in [1.54, 1.807) is 12.1 Å². The van der Waals surface area contributed by atoms with Gasteiger partial charge in [0.25, 0.3) is 0 Å². The Hall–Kier alpha value is -1.58. The molecule has 6 nitrogen and oxygen atoms in total. The molecule has 0 aliphatic carbocycles. The van der Waals surface area contributed by atoms with Crippen LogP contribution in [-0.2, 0) is 25.3 Å². The molecule has 0 unspecified atom stereocenters. The Morgan fingerprint density at radius 1 is 1.14 bits per heavy atom. The molecular formula is C19H21ClN2O4S2. The molecule has 0 spiro atoms. The number of ether oxygens (including phenoxy) is 1. The molecule has 3 rings (SSSR count). The van der Waals surface area contributed by atoms with Crippen LogP contribution in [0.2, 0.25) is 5.02 Å². The molecule has 150 valence electrons. The molecule has 1 amide bonds. The first-order chi connectivity index (χ1) is 13.4. The minimum Gasteiger partial charge on any atom is -0.379 e. The van der Waals surface area contributed by atoms with E-state index in [4.69, 9.17) is 16.3 Å². The highest BCUT2D eigenvalue weighted by molar-refractivity contribution is 7.99. The normalized spacial score (nSPS) is 15.3. The van der Waals surface area contributed by atoms with Gasteiger partial charge in [0.2, 0.25) is 15.9 Å². The Kier molecular flexibility index (Phi) is 7.36. The number of morpholine rings is 1. The highest BCUT2D eigenvalue weighted by Gasteiger charge is 2.26. The molecule has 1 fully saturated rings. The summed E-state index contributed by atoms with van der Waals surface area (Å²) in [6, 6.07) is 13.8. The maximum atomic E-state index is 12.6. The third-order valence-electron chi connectivity index (χ3n) is 4.14. The number of thioether (sulfide) groups is 1. The summed E-state index contributed by atoms with van der Waals surface area (Å²) in [5.74, 6) is 0.834. The number of carbonyl (C=O) groups is 1. The first-order valence-electron chi connectivity index (χ1n) is 8.75. The molecule has 2 aromatic carbocycles. The number of sulfonamides is 1. The molecule has 0 atom stereocenters. The number of halogens is 1. The molecule has 0 saturated carbocycles. The zero-order valence-electron chi connectivity index (χ0n) is 15.1. The summed E-state index contributed by atoms with van der Waals surface area (Å²) in [5.41, 5.74) is 1.62. The molecule has 1 aliphatic rings. The van der Waals surface area contributed by atoms with Crippen molar-refractivity contribution in [3.8, 4) is 0 Å². The van der Waals surface area contributed by atoms with Gasteiger partial charge in [-0.25, -0.2) is 8.42 Å². The molecular weight excluding hydrogens is 420 g/mol. The summed E-state index contributed by atoms with van der Waals surface area (Å²) in [6.45, 7) is 1.51. The molecule has 0 bridgehead atoms. The van der Waals surface area contributed by atoms with Crippen molar-refractivity contribution in [3.05, 3.63) is 59.1 Å². The summed E-state index contributed by atoms with van der Waals surface area (Å²) >= 11 is 7.43. The maximum Gasteiger partial charge on any atom is 0.243 e. The molecule has 28 heavy (non-hydrogen) atoms. The summed E-state index contributed by atoms with van der Waals surface area (Å²) < 4.78 is 31.8. The zero-order valence-corrected chi connectivity index (χ0v) is 17.5. The number of anilines is 1. The van der Waals surface area contributed by atoms with Crippen molar-refractivity contribution in [1.82, 2.24) is 4.31 Å². The highest BCUT2D eigenvalue weighted by Crippen LogP contribution is 2.20. The molecule has 1 aliphatic heterocycles. The van der Waals surface area contributed by atoms with Crippen LogP contribution in [-0.4, -0.2) is 50.7 Å². The van der Waals surface area contributed by atoms with E-state index in [-0.39, 0.29) is 10.8 Å². The second-order valence-corrected chi connectivity index (χ2v) is 9.57. The highest BCUT2D eigenvalue weighted by atomic mass is 35.5. The van der Waals surface area contributed by atoms with E-state index in [1.165, 1.54) is 28.2 Å². The van der Waals surface area contributed by atoms with Crippen molar-refractivity contribution in [2.45, 2.75) is 10.6 Å². The smallest absolute Gasteiger partial charge is 0.243 e. The summed E-state index contributed by atoms with van der Waals surface area (Å²) in [7, 11) is -3.53. The van der Waals surface area contributed by atoms with E-state index in [0.717, 1.165) is 5.56 Å². The Morgan fingerprint density at radius 3 is 2.54 bits per heavy atom. The van der Waals surface area contributed by atoms with Crippen LogP contribution in [0.15, 0.2) is 53.4 Å². The minimum absolute atomic E-state index is 0.143. The maximum absolute atomic E-state index is 12.6. The largest absolute Gasteiger partial charge is 0.379 e. The SMILES string of the molecule is O=C(CSCc1cccc(Cl)c1)Nc1ccc(S(=O)(=O)N2CCOCC2)cc1. The number of nitrogens with zero attached hydrogens (tertiary/aromatic N) is 1. The van der Waals surface area contributed by atoms with Gasteiger partial charge < -0.3 is 10.1 Å². The van der Waals surface area contributed by atoms with Crippen molar-refractivity contribution in [1.29, 1.82) is 0 Å². The quantitative estimate of drug-likeness (QED) is 0.715. The molecule has 1 N–H and O–H groups in total. The van der Waals surface area contributed by atoms with Crippen LogP contribution < -0.4 is 5.32 Å². The summed E-state index contributed by atoms with van der Waals surface area (Å²) in [5, 5.41) is 3.46. The van der Waals surface area contributed by atoms with E-state index >= 15 is 0 Å². The van der Waals surface area contributed by atoms with Gasteiger partial charge >= 0.3 is 0 Å². The van der Waals surface area contributed by atoms with Crippen LogP contribution in [0.1, 0.15) is 5.56 Å². The van der Waals surface area contributed by atoms with Crippen LogP contribution >= 0.6 is 23.4 Å². The Bertz CT molecular complexity index is 914. The third kappa shape index (κ3) is 5.71. The van der Waals surface area contributed by atoms with Crippen LogP contribution in [0.5, 0.6) is 0 Å². The lowest BCUT2D eigenvalue weighted by Crippen LogP contribution is -2.40. The van der Waals surface area contributed by atoms with Gasteiger partial charge in [0, 0.05) is 29.6 Å². The fourth-order valence-electron chi connectivity index (χ4n) is 2.73. The van der Waals surface area contributed by atoms with Crippen LogP contribution in [0.3, 0.4) is 0 Å². The topological polar surface area (TPSA) is 75.7 Å². The van der Waals surface area contributed by atoms with Gasteiger partial charge in [0.15, 0.2) is 0 Å². The van der Waals surface area contributed by atoms with Gasteiger partial charge in [-0.2, -0.15) is 4.31 Å². The number of amides is 1. The molecule has 9 heteroatoms. The monoisotopic (exact) mass is 440 g/mol. The van der Waals surface area contributed by atoms with Crippen molar-refractivity contribution >= 4 is 45.0 Å². The Morgan fingerprint density at radius 2 is 1.86 bits per heavy atom. The molecule has 1 heterocycles. The average Bonchev–Trinajstić information content (AvgIpc) is 2.69. The van der Waals surface area contributed by atoms with Gasteiger partial charge in [0.1, 0.15) is 0 Å². The molecule has 2 aromatic rings. The molecule has 0 aromatic heterocycles. The van der Waals surface area contributed by atoms with Crippen molar-refractivity contribution in [3.63, 3.8) is 0 Å². The fraction of sp³-hybridized carbons (Fsp3) is 0.316. The second kappa shape index (κ2) is 9.76. The van der Waals surface area contributed by atoms with Gasteiger partial charge in [-0.05, 0) is 42.0 Å². The van der Waals surface area contributed by atoms with Crippen LogP contribution in [0.25, 0.3) is 0 Å². The molecule has 0 radical (unpaired) electrons. The first kappa shape index (κ1) is 21.1. The average molecular weight is 441 g/mol. The minimum atomic E-state index is -3.53. The van der Waals surface area contributed by atoms with Gasteiger partial charge in [-0.15, -0.1) is 11.8 Å². The summed E-state index contributed by atoms with van der Waals surface area (Å²) in [6.07, 6.45) is 0. The lowest BCUT2D eigenvalue weighted by molar-refractivity contribution is -0.113. The second-order valence-electron chi connectivity index (χ2n) is 6.21. The summed E-state index contributed by atoms with van der Waals surface area (Å²) in [4.78, 5) is 12.3. The lowest BCUT2D eigenvalue weighted by atomic mass is 10.2. The van der Waals surface area contributed by atoms with Crippen molar-refractivity contribution in [2.24, 2.45) is 0 Å². The van der Waals surface area contributed by atoms with Crippen LogP contribution in [0, 0.1) is 0 Å². The number of rotatable bonds is 7. The van der Waals surface area contributed by atoms with E-state index in [9.17, 15) is 13.2 Å². The van der Waals surface area contributed by atoms with E-state index < -0.39 is 10.0 Å². The lowest BCUT2D eigenvalue weighted by Gasteiger charge is -2.26. The third-order valence-corrected chi connectivity index (χ3v) is 7.29. The van der Waals surface area contributed by atoms with Gasteiger partial charge in [-0.1, -0.05) is 23.7 Å². The predicted octanol–water partition coefficient (Wildman–Crippen LogP) is 3.23. The Labute approximate surface area is 174 Å². The van der Waals surface area contributed by atoms with Gasteiger partial charge in [-0.3, -0.25) is 4.79 Å². The predicted molar refractivity (Wildman–Crippen MR) is 112 cm³/mol. The molecule has 1 saturated heterocycles. The number of carbonyl (C=O) groups excluding carboxylic acids is 1. The standard InChI is InChI=1S/C19H21ClN2O4S2/c20-16-3-1-2-15(12-16)13-27-14-19(23)21-17-4-6-18(7-5-17)28(24,25)22-8-10-26-11-9-22/h1-7,12H,8-11,13-14H2,(H,21,23). The van der Waals surface area contributed by atoms with E-state index in [2.05, 4.69) is 5.32 Å².